The van der Waals surface area contributed by atoms with Crippen molar-refractivity contribution in [1.29, 1.82) is 0 Å². The number of morpholine rings is 1. The summed E-state index contributed by atoms with van der Waals surface area (Å²) in [5.41, 5.74) is 0.829. The summed E-state index contributed by atoms with van der Waals surface area (Å²) in [5.74, 6) is 0.781. The zero-order valence-electron chi connectivity index (χ0n) is 12.9. The van der Waals surface area contributed by atoms with Crippen molar-refractivity contribution in [3.05, 3.63) is 29.8 Å². The molecule has 1 aromatic rings. The van der Waals surface area contributed by atoms with Crippen LogP contribution in [0, 0.1) is 0 Å². The Kier molecular flexibility index (Phi) is 5.20. The molecular formula is C16H24N2O3. The number of ether oxygens (including phenoxy) is 2. The van der Waals surface area contributed by atoms with Crippen LogP contribution < -0.4 is 15.4 Å². The first-order valence-electron chi connectivity index (χ1n) is 7.27. The molecule has 2 N–H and O–H groups in total. The fourth-order valence-corrected chi connectivity index (χ4v) is 2.45. The van der Waals surface area contributed by atoms with E-state index in [-0.39, 0.29) is 11.4 Å². The fraction of sp³-hybridized carbons (Fsp3) is 0.562. The van der Waals surface area contributed by atoms with E-state index < -0.39 is 6.10 Å². The minimum absolute atomic E-state index is 0.0549. The number of hydrogen-bond acceptors (Lipinski definition) is 4. The highest BCUT2D eigenvalue weighted by atomic mass is 16.5. The molecule has 0 aliphatic carbocycles. The minimum Gasteiger partial charge on any atom is -0.497 e. The van der Waals surface area contributed by atoms with Crippen molar-refractivity contribution >= 4 is 5.91 Å². The Labute approximate surface area is 126 Å². The summed E-state index contributed by atoms with van der Waals surface area (Å²) in [4.78, 5) is 12.2. The summed E-state index contributed by atoms with van der Waals surface area (Å²) in [6, 6.07) is 7.90. The summed E-state index contributed by atoms with van der Waals surface area (Å²) >= 11 is 0. The lowest BCUT2D eigenvalue weighted by Crippen LogP contribution is -2.54. The number of nitrogens with one attached hydrogen (secondary N) is 2. The number of carbonyl (C=O) groups is 1. The molecule has 1 saturated heterocycles. The van der Waals surface area contributed by atoms with E-state index in [9.17, 15) is 4.79 Å². The summed E-state index contributed by atoms with van der Waals surface area (Å²) in [6.07, 6.45) is 0.358. The largest absolute Gasteiger partial charge is 0.497 e. The van der Waals surface area contributed by atoms with Gasteiger partial charge in [-0.2, -0.15) is 0 Å². The molecule has 5 heteroatoms. The highest BCUT2D eigenvalue weighted by molar-refractivity contribution is 5.81. The molecule has 0 bridgehead atoms. The van der Waals surface area contributed by atoms with E-state index in [0.29, 0.717) is 13.2 Å². The fourth-order valence-electron chi connectivity index (χ4n) is 2.45. The minimum atomic E-state index is -0.395. The molecule has 1 atom stereocenters. The molecule has 1 aliphatic heterocycles. The number of rotatable bonds is 5. The van der Waals surface area contributed by atoms with E-state index >= 15 is 0 Å². The van der Waals surface area contributed by atoms with Gasteiger partial charge >= 0.3 is 0 Å². The van der Waals surface area contributed by atoms with Gasteiger partial charge in [0.2, 0.25) is 0 Å². The van der Waals surface area contributed by atoms with Gasteiger partial charge in [0.15, 0.2) is 0 Å². The van der Waals surface area contributed by atoms with Crippen molar-refractivity contribution < 1.29 is 14.3 Å². The maximum Gasteiger partial charge on any atom is 0.250 e. The van der Waals surface area contributed by atoms with Crippen LogP contribution in [0.2, 0.25) is 0 Å². The Morgan fingerprint density at radius 2 is 2.14 bits per heavy atom. The molecule has 1 fully saturated rings. The number of hydrogen-bond donors (Lipinski definition) is 2. The van der Waals surface area contributed by atoms with Crippen LogP contribution in [0.1, 0.15) is 19.4 Å². The molecule has 1 unspecified atom stereocenters. The number of carbonyl (C=O) groups excluding carboxylic acids is 1. The SMILES string of the molecule is COc1ccc(CC(C)(C)NC(=O)C2CNCCO2)cc1. The monoisotopic (exact) mass is 292 g/mol. The molecule has 1 heterocycles. The van der Waals surface area contributed by atoms with E-state index in [1.54, 1.807) is 7.11 Å². The molecule has 116 valence electrons. The second-order valence-electron chi connectivity index (χ2n) is 5.96. The third-order valence-electron chi connectivity index (χ3n) is 3.49. The second-order valence-corrected chi connectivity index (χ2v) is 5.96. The normalized spacial score (nSPS) is 19.1. The van der Waals surface area contributed by atoms with Gasteiger partial charge in [0, 0.05) is 18.6 Å². The van der Waals surface area contributed by atoms with Gasteiger partial charge in [-0.05, 0) is 38.0 Å². The summed E-state index contributed by atoms with van der Waals surface area (Å²) in [7, 11) is 1.65. The lowest BCUT2D eigenvalue weighted by molar-refractivity contribution is -0.135. The van der Waals surface area contributed by atoms with E-state index in [0.717, 1.165) is 24.3 Å². The van der Waals surface area contributed by atoms with Crippen molar-refractivity contribution in [2.45, 2.75) is 31.9 Å². The van der Waals surface area contributed by atoms with E-state index in [2.05, 4.69) is 10.6 Å². The van der Waals surface area contributed by atoms with Crippen LogP contribution in [0.25, 0.3) is 0 Å². The zero-order chi connectivity index (χ0) is 15.3. The smallest absolute Gasteiger partial charge is 0.250 e. The van der Waals surface area contributed by atoms with Gasteiger partial charge in [-0.25, -0.2) is 0 Å². The van der Waals surface area contributed by atoms with Gasteiger partial charge in [-0.3, -0.25) is 4.79 Å². The van der Waals surface area contributed by atoms with Crippen LogP contribution in [-0.4, -0.2) is 44.4 Å². The second kappa shape index (κ2) is 6.91. The molecule has 0 aromatic heterocycles. The highest BCUT2D eigenvalue weighted by Gasteiger charge is 2.27. The van der Waals surface area contributed by atoms with E-state index in [1.807, 2.05) is 38.1 Å². The van der Waals surface area contributed by atoms with Crippen LogP contribution >= 0.6 is 0 Å². The highest BCUT2D eigenvalue weighted by Crippen LogP contribution is 2.17. The maximum absolute atomic E-state index is 12.2. The first kappa shape index (κ1) is 15.8. The maximum atomic E-state index is 12.2. The zero-order valence-corrected chi connectivity index (χ0v) is 12.9. The number of methoxy groups -OCH3 is 1. The molecule has 0 saturated carbocycles. The van der Waals surface area contributed by atoms with Crippen LogP contribution in [0.4, 0.5) is 0 Å². The van der Waals surface area contributed by atoms with Crippen molar-refractivity contribution in [3.63, 3.8) is 0 Å². The Balaban J connectivity index is 1.92. The van der Waals surface area contributed by atoms with Gasteiger partial charge in [-0.15, -0.1) is 0 Å². The molecule has 21 heavy (non-hydrogen) atoms. The summed E-state index contributed by atoms with van der Waals surface area (Å²) < 4.78 is 10.6. The quantitative estimate of drug-likeness (QED) is 0.854. The van der Waals surface area contributed by atoms with Gasteiger partial charge in [0.05, 0.1) is 13.7 Å². The average molecular weight is 292 g/mol. The van der Waals surface area contributed by atoms with Crippen molar-refractivity contribution in [2.75, 3.05) is 26.8 Å². The molecule has 0 radical (unpaired) electrons. The van der Waals surface area contributed by atoms with Crippen LogP contribution in [0.5, 0.6) is 5.75 Å². The van der Waals surface area contributed by atoms with Crippen LogP contribution in [0.3, 0.4) is 0 Å². The van der Waals surface area contributed by atoms with E-state index in [1.165, 1.54) is 0 Å². The lowest BCUT2D eigenvalue weighted by Gasteiger charge is -2.30. The first-order valence-corrected chi connectivity index (χ1v) is 7.27. The third kappa shape index (κ3) is 4.72. The standard InChI is InChI=1S/C16H24N2O3/c1-16(2,10-12-4-6-13(20-3)7-5-12)18-15(19)14-11-17-8-9-21-14/h4-7,14,17H,8-11H2,1-3H3,(H,18,19). The van der Waals surface area contributed by atoms with Crippen molar-refractivity contribution in [2.24, 2.45) is 0 Å². The molecule has 0 spiro atoms. The Morgan fingerprint density at radius 1 is 1.43 bits per heavy atom. The van der Waals surface area contributed by atoms with Crippen molar-refractivity contribution in [1.82, 2.24) is 10.6 Å². The van der Waals surface area contributed by atoms with Crippen molar-refractivity contribution in [3.8, 4) is 5.75 Å². The predicted molar refractivity (Wildman–Crippen MR) is 81.5 cm³/mol. The van der Waals surface area contributed by atoms with Gasteiger partial charge < -0.3 is 20.1 Å². The molecule has 5 nitrogen and oxygen atoms in total. The molecule has 1 aliphatic rings. The van der Waals surface area contributed by atoms with Gasteiger partial charge in [0.1, 0.15) is 11.9 Å². The van der Waals surface area contributed by atoms with Gasteiger partial charge in [0.25, 0.3) is 5.91 Å². The summed E-state index contributed by atoms with van der Waals surface area (Å²) in [5, 5.41) is 6.23. The summed E-state index contributed by atoms with van der Waals surface area (Å²) in [6.45, 7) is 6.00. The Bertz CT molecular complexity index is 465. The topological polar surface area (TPSA) is 59.6 Å². The first-order chi connectivity index (χ1) is 10.00. The Hall–Kier alpha value is -1.59. The third-order valence-corrected chi connectivity index (χ3v) is 3.49. The Morgan fingerprint density at radius 3 is 2.71 bits per heavy atom. The predicted octanol–water partition coefficient (Wildman–Crippen LogP) is 1.12. The number of benzene rings is 1. The number of amides is 1. The molecule has 1 amide bonds. The molecule has 1 aromatic carbocycles. The van der Waals surface area contributed by atoms with Gasteiger partial charge in [-0.1, -0.05) is 12.1 Å². The molecule has 2 rings (SSSR count). The average Bonchev–Trinajstić information content (AvgIpc) is 2.48. The van der Waals surface area contributed by atoms with Crippen LogP contribution in [-0.2, 0) is 16.0 Å². The lowest BCUT2D eigenvalue weighted by atomic mass is 9.94. The van der Waals surface area contributed by atoms with Crippen LogP contribution in [0.15, 0.2) is 24.3 Å². The molecular weight excluding hydrogens is 268 g/mol. The van der Waals surface area contributed by atoms with E-state index in [4.69, 9.17) is 9.47 Å².